The fourth-order valence-electron chi connectivity index (χ4n) is 2.69. The number of aromatic nitrogens is 3. The molecule has 1 amide bonds. The number of carbonyl (C=O) groups is 1. The third-order valence-electron chi connectivity index (χ3n) is 4.89. The minimum Gasteiger partial charge on any atom is -0.486 e. The van der Waals surface area contributed by atoms with Crippen LogP contribution in [0.4, 0.5) is 5.69 Å². The smallest absolute Gasteiger partial charge is 0.234 e. The topological polar surface area (TPSA) is 69.0 Å². The third-order valence-corrected chi connectivity index (χ3v) is 5.91. The summed E-state index contributed by atoms with van der Waals surface area (Å²) in [6, 6.07) is 11.9. The lowest BCUT2D eigenvalue weighted by Gasteiger charge is -2.09. The van der Waals surface area contributed by atoms with Crippen molar-refractivity contribution >= 4 is 23.4 Å². The molecule has 152 valence electrons. The summed E-state index contributed by atoms with van der Waals surface area (Å²) < 4.78 is 7.69. The van der Waals surface area contributed by atoms with Crippen LogP contribution in [0.2, 0.25) is 0 Å². The monoisotopic (exact) mass is 410 g/mol. The number of ether oxygens (including phenoxy) is 1. The Morgan fingerprint density at radius 1 is 1.00 bits per heavy atom. The summed E-state index contributed by atoms with van der Waals surface area (Å²) in [5.41, 5.74) is 5.57. The van der Waals surface area contributed by atoms with Crippen LogP contribution in [0.25, 0.3) is 0 Å². The maximum Gasteiger partial charge on any atom is 0.234 e. The molecule has 2 aromatic carbocycles. The van der Waals surface area contributed by atoms with Gasteiger partial charge in [-0.25, -0.2) is 0 Å². The van der Waals surface area contributed by atoms with Crippen LogP contribution in [0.3, 0.4) is 0 Å². The van der Waals surface area contributed by atoms with Gasteiger partial charge in [0.15, 0.2) is 11.0 Å². The van der Waals surface area contributed by atoms with Gasteiger partial charge in [-0.05, 0) is 74.2 Å². The van der Waals surface area contributed by atoms with Crippen LogP contribution in [0.1, 0.15) is 28.1 Å². The van der Waals surface area contributed by atoms with Crippen molar-refractivity contribution in [1.82, 2.24) is 14.8 Å². The Morgan fingerprint density at radius 2 is 1.69 bits per heavy atom. The van der Waals surface area contributed by atoms with Crippen LogP contribution in [0, 0.1) is 27.7 Å². The van der Waals surface area contributed by atoms with Crippen molar-refractivity contribution in [1.29, 1.82) is 0 Å². The second-order valence-electron chi connectivity index (χ2n) is 7.13. The van der Waals surface area contributed by atoms with Crippen LogP contribution >= 0.6 is 11.8 Å². The summed E-state index contributed by atoms with van der Waals surface area (Å²) in [5.74, 6) is 1.70. The van der Waals surface area contributed by atoms with E-state index in [4.69, 9.17) is 4.74 Å². The predicted octanol–water partition coefficient (Wildman–Crippen LogP) is 4.36. The summed E-state index contributed by atoms with van der Waals surface area (Å²) in [4.78, 5) is 12.3. The zero-order valence-electron chi connectivity index (χ0n) is 17.4. The van der Waals surface area contributed by atoms with Gasteiger partial charge in [-0.1, -0.05) is 23.9 Å². The lowest BCUT2D eigenvalue weighted by Crippen LogP contribution is -2.14. The van der Waals surface area contributed by atoms with E-state index in [-0.39, 0.29) is 11.7 Å². The summed E-state index contributed by atoms with van der Waals surface area (Å²) in [6.45, 7) is 8.53. The Morgan fingerprint density at radius 3 is 2.38 bits per heavy atom. The maximum absolute atomic E-state index is 12.3. The van der Waals surface area contributed by atoms with Crippen LogP contribution in [-0.2, 0) is 18.4 Å². The lowest BCUT2D eigenvalue weighted by atomic mass is 10.1. The number of amides is 1. The SMILES string of the molecule is Cc1ccc(NC(=O)CSc2nnc(COc3ccc(C)c(C)c3)n2C)cc1C. The first-order valence-corrected chi connectivity index (χ1v) is 10.4. The van der Waals surface area contributed by atoms with E-state index in [9.17, 15) is 4.79 Å². The predicted molar refractivity (Wildman–Crippen MR) is 117 cm³/mol. The van der Waals surface area contributed by atoms with Crippen molar-refractivity contribution in [3.8, 4) is 5.75 Å². The molecule has 0 saturated heterocycles. The van der Waals surface area contributed by atoms with E-state index < -0.39 is 0 Å². The average molecular weight is 411 g/mol. The first-order valence-electron chi connectivity index (χ1n) is 9.41. The Hall–Kier alpha value is -2.80. The zero-order chi connectivity index (χ0) is 21.0. The molecule has 0 aliphatic heterocycles. The van der Waals surface area contributed by atoms with Crippen LogP contribution < -0.4 is 10.1 Å². The normalized spacial score (nSPS) is 10.8. The summed E-state index contributed by atoms with van der Waals surface area (Å²) in [5, 5.41) is 12.0. The molecule has 0 bridgehead atoms. The highest BCUT2D eigenvalue weighted by Gasteiger charge is 2.12. The van der Waals surface area contributed by atoms with Crippen molar-refractivity contribution < 1.29 is 9.53 Å². The molecule has 0 unspecified atom stereocenters. The van der Waals surface area contributed by atoms with Gasteiger partial charge in [0.05, 0.1) is 5.75 Å². The van der Waals surface area contributed by atoms with Gasteiger partial charge in [0.25, 0.3) is 0 Å². The van der Waals surface area contributed by atoms with Crippen molar-refractivity contribution in [3.05, 3.63) is 64.5 Å². The van der Waals surface area contributed by atoms with Crippen molar-refractivity contribution in [2.75, 3.05) is 11.1 Å². The summed E-state index contributed by atoms with van der Waals surface area (Å²) in [6.07, 6.45) is 0. The number of nitrogens with zero attached hydrogens (tertiary/aromatic N) is 3. The fraction of sp³-hybridized carbons (Fsp3) is 0.318. The Bertz CT molecular complexity index is 1030. The highest BCUT2D eigenvalue weighted by atomic mass is 32.2. The summed E-state index contributed by atoms with van der Waals surface area (Å²) in [7, 11) is 1.88. The van der Waals surface area contributed by atoms with E-state index in [1.165, 1.54) is 28.5 Å². The van der Waals surface area contributed by atoms with E-state index in [0.717, 1.165) is 17.0 Å². The summed E-state index contributed by atoms with van der Waals surface area (Å²) >= 11 is 1.35. The number of nitrogens with one attached hydrogen (secondary N) is 1. The second kappa shape index (κ2) is 9.13. The van der Waals surface area contributed by atoms with Gasteiger partial charge in [-0.3, -0.25) is 4.79 Å². The van der Waals surface area contributed by atoms with Crippen molar-refractivity contribution in [2.45, 2.75) is 39.5 Å². The van der Waals surface area contributed by atoms with E-state index in [1.54, 1.807) is 0 Å². The number of anilines is 1. The third kappa shape index (κ3) is 5.38. The van der Waals surface area contributed by atoms with Gasteiger partial charge < -0.3 is 14.6 Å². The number of hydrogen-bond donors (Lipinski definition) is 1. The first-order chi connectivity index (χ1) is 13.8. The molecular formula is C22H26N4O2S. The van der Waals surface area contributed by atoms with Gasteiger partial charge in [0.1, 0.15) is 12.4 Å². The van der Waals surface area contributed by atoms with Gasteiger partial charge in [-0.2, -0.15) is 0 Å². The van der Waals surface area contributed by atoms with E-state index >= 15 is 0 Å². The maximum atomic E-state index is 12.3. The number of thioether (sulfide) groups is 1. The van der Waals surface area contributed by atoms with Crippen LogP contribution in [0.5, 0.6) is 5.75 Å². The molecule has 3 aromatic rings. The Balaban J connectivity index is 1.54. The quantitative estimate of drug-likeness (QED) is 0.586. The van der Waals surface area contributed by atoms with E-state index in [1.807, 2.05) is 61.9 Å². The molecule has 3 rings (SSSR count). The molecule has 0 saturated carbocycles. The molecule has 0 aliphatic rings. The minimum atomic E-state index is -0.0748. The first kappa shape index (κ1) is 20.9. The average Bonchev–Trinajstić information content (AvgIpc) is 3.04. The molecule has 0 radical (unpaired) electrons. The molecule has 0 atom stereocenters. The molecule has 0 spiro atoms. The second-order valence-corrected chi connectivity index (χ2v) is 8.07. The van der Waals surface area contributed by atoms with Crippen LogP contribution in [-0.4, -0.2) is 26.4 Å². The van der Waals surface area contributed by atoms with Gasteiger partial charge in [0.2, 0.25) is 5.91 Å². The molecule has 1 aromatic heterocycles. The highest BCUT2D eigenvalue weighted by Crippen LogP contribution is 2.20. The molecule has 1 N–H and O–H groups in total. The largest absolute Gasteiger partial charge is 0.486 e. The van der Waals surface area contributed by atoms with Crippen LogP contribution in [0.15, 0.2) is 41.6 Å². The molecule has 29 heavy (non-hydrogen) atoms. The number of aryl methyl sites for hydroxylation is 4. The Kier molecular flexibility index (Phi) is 6.59. The number of benzene rings is 2. The van der Waals surface area contributed by atoms with E-state index in [0.29, 0.717) is 17.6 Å². The van der Waals surface area contributed by atoms with Gasteiger partial charge >= 0.3 is 0 Å². The molecule has 1 heterocycles. The molecular weight excluding hydrogens is 384 g/mol. The minimum absolute atomic E-state index is 0.0748. The van der Waals surface area contributed by atoms with Crippen molar-refractivity contribution in [2.24, 2.45) is 7.05 Å². The Labute approximate surface area is 175 Å². The van der Waals surface area contributed by atoms with Crippen molar-refractivity contribution in [3.63, 3.8) is 0 Å². The highest BCUT2D eigenvalue weighted by molar-refractivity contribution is 7.99. The van der Waals surface area contributed by atoms with E-state index in [2.05, 4.69) is 29.4 Å². The molecule has 0 aliphatic carbocycles. The number of carbonyl (C=O) groups excluding carboxylic acids is 1. The molecule has 6 nitrogen and oxygen atoms in total. The lowest BCUT2D eigenvalue weighted by molar-refractivity contribution is -0.113. The zero-order valence-corrected chi connectivity index (χ0v) is 18.3. The van der Waals surface area contributed by atoms with Gasteiger partial charge in [-0.15, -0.1) is 10.2 Å². The molecule has 7 heteroatoms. The van der Waals surface area contributed by atoms with Gasteiger partial charge in [0, 0.05) is 12.7 Å². The fourth-order valence-corrected chi connectivity index (χ4v) is 3.42. The number of rotatable bonds is 7. The number of hydrogen-bond acceptors (Lipinski definition) is 5. The standard InChI is InChI=1S/C22H26N4O2S/c1-14-6-8-18(10-16(14)3)23-21(27)13-29-22-25-24-20(26(22)5)12-28-19-9-7-15(2)17(4)11-19/h6-11H,12-13H2,1-5H3,(H,23,27). The molecule has 0 fully saturated rings.